The molecule has 20 heavy (non-hydrogen) atoms. The molecule has 1 aliphatic rings. The monoisotopic (exact) mass is 276 g/mol. The number of hydrogen-bond donors (Lipinski definition) is 2. The van der Waals surface area contributed by atoms with Crippen molar-refractivity contribution in [3.05, 3.63) is 35.9 Å². The summed E-state index contributed by atoms with van der Waals surface area (Å²) in [5.41, 5.74) is 0.960. The van der Waals surface area contributed by atoms with Crippen molar-refractivity contribution >= 4 is 11.9 Å². The zero-order valence-corrected chi connectivity index (χ0v) is 11.4. The Kier molecular flexibility index (Phi) is 5.55. The van der Waals surface area contributed by atoms with Gasteiger partial charge in [0.05, 0.1) is 12.3 Å². The van der Waals surface area contributed by atoms with Gasteiger partial charge < -0.3 is 15.4 Å². The Balaban J connectivity index is 1.59. The maximum absolute atomic E-state index is 11.7. The van der Waals surface area contributed by atoms with E-state index in [1.54, 1.807) is 0 Å². The summed E-state index contributed by atoms with van der Waals surface area (Å²) in [6, 6.07) is 9.53. The highest BCUT2D eigenvalue weighted by atomic mass is 16.5. The SMILES string of the molecule is O=C(CCNC(=O)[C@@H]1CCNC1)OCc1ccccc1. The Bertz CT molecular complexity index is 442. The van der Waals surface area contributed by atoms with E-state index in [0.717, 1.165) is 25.1 Å². The summed E-state index contributed by atoms with van der Waals surface area (Å²) < 4.78 is 5.13. The molecule has 1 saturated heterocycles. The maximum Gasteiger partial charge on any atom is 0.307 e. The summed E-state index contributed by atoms with van der Waals surface area (Å²) in [5.74, 6) is -0.236. The molecule has 0 unspecified atom stereocenters. The van der Waals surface area contributed by atoms with Crippen LogP contribution in [0.15, 0.2) is 30.3 Å². The van der Waals surface area contributed by atoms with Crippen molar-refractivity contribution in [3.63, 3.8) is 0 Å². The minimum atomic E-state index is -0.293. The zero-order valence-electron chi connectivity index (χ0n) is 11.4. The van der Waals surface area contributed by atoms with Gasteiger partial charge in [-0.1, -0.05) is 30.3 Å². The van der Waals surface area contributed by atoms with E-state index in [1.165, 1.54) is 0 Å². The first-order chi connectivity index (χ1) is 9.75. The van der Waals surface area contributed by atoms with Gasteiger partial charge in [0.1, 0.15) is 6.61 Å². The number of benzene rings is 1. The third-order valence-electron chi connectivity index (χ3n) is 3.30. The highest BCUT2D eigenvalue weighted by Crippen LogP contribution is 2.07. The Labute approximate surface area is 118 Å². The summed E-state index contributed by atoms with van der Waals surface area (Å²) >= 11 is 0. The molecular formula is C15H20N2O3. The number of nitrogens with one attached hydrogen (secondary N) is 2. The van der Waals surface area contributed by atoms with Gasteiger partial charge in [-0.2, -0.15) is 0 Å². The third-order valence-corrected chi connectivity index (χ3v) is 3.30. The van der Waals surface area contributed by atoms with Gasteiger partial charge in [0.2, 0.25) is 5.91 Å². The van der Waals surface area contributed by atoms with Gasteiger partial charge in [0.15, 0.2) is 0 Å². The third kappa shape index (κ3) is 4.66. The van der Waals surface area contributed by atoms with E-state index >= 15 is 0 Å². The molecule has 1 heterocycles. The lowest BCUT2D eigenvalue weighted by molar-refractivity contribution is -0.144. The minimum absolute atomic E-state index is 0.0193. The van der Waals surface area contributed by atoms with Gasteiger partial charge in [-0.05, 0) is 18.5 Å². The fourth-order valence-electron chi connectivity index (χ4n) is 2.12. The van der Waals surface area contributed by atoms with Crippen molar-refractivity contribution in [2.45, 2.75) is 19.4 Å². The van der Waals surface area contributed by atoms with Gasteiger partial charge in [-0.15, -0.1) is 0 Å². The van der Waals surface area contributed by atoms with Crippen LogP contribution in [0.3, 0.4) is 0 Å². The molecule has 0 spiro atoms. The highest BCUT2D eigenvalue weighted by molar-refractivity contribution is 5.79. The van der Waals surface area contributed by atoms with Crippen LogP contribution in [-0.4, -0.2) is 31.5 Å². The Morgan fingerprint density at radius 2 is 2.10 bits per heavy atom. The molecule has 2 rings (SSSR count). The molecule has 0 radical (unpaired) electrons. The number of carbonyl (C=O) groups is 2. The average Bonchev–Trinajstić information content (AvgIpc) is 3.00. The van der Waals surface area contributed by atoms with E-state index in [9.17, 15) is 9.59 Å². The smallest absolute Gasteiger partial charge is 0.307 e. The molecule has 1 aromatic carbocycles. The summed E-state index contributed by atoms with van der Waals surface area (Å²) in [6.07, 6.45) is 1.07. The van der Waals surface area contributed by atoms with Crippen molar-refractivity contribution in [1.82, 2.24) is 10.6 Å². The first kappa shape index (κ1) is 14.5. The van der Waals surface area contributed by atoms with Crippen molar-refractivity contribution in [3.8, 4) is 0 Å². The largest absolute Gasteiger partial charge is 0.461 e. The van der Waals surface area contributed by atoms with E-state index in [-0.39, 0.29) is 30.8 Å². The lowest BCUT2D eigenvalue weighted by atomic mass is 10.1. The molecule has 108 valence electrons. The van der Waals surface area contributed by atoms with Crippen molar-refractivity contribution in [2.75, 3.05) is 19.6 Å². The fourth-order valence-corrected chi connectivity index (χ4v) is 2.12. The van der Waals surface area contributed by atoms with Crippen LogP contribution in [0.2, 0.25) is 0 Å². The normalized spacial score (nSPS) is 17.7. The predicted molar refractivity (Wildman–Crippen MR) is 74.8 cm³/mol. The van der Waals surface area contributed by atoms with E-state index < -0.39 is 0 Å². The lowest BCUT2D eigenvalue weighted by Crippen LogP contribution is -2.33. The number of ether oxygens (including phenoxy) is 1. The average molecular weight is 276 g/mol. The number of hydrogen-bond acceptors (Lipinski definition) is 4. The van der Waals surface area contributed by atoms with Crippen molar-refractivity contribution in [2.24, 2.45) is 5.92 Å². The van der Waals surface area contributed by atoms with Gasteiger partial charge >= 0.3 is 5.97 Å². The first-order valence-electron chi connectivity index (χ1n) is 6.93. The van der Waals surface area contributed by atoms with Crippen LogP contribution in [0.25, 0.3) is 0 Å². The van der Waals surface area contributed by atoms with Gasteiger partial charge in [-0.3, -0.25) is 9.59 Å². The molecule has 1 fully saturated rings. The van der Waals surface area contributed by atoms with Crippen LogP contribution in [-0.2, 0) is 20.9 Å². The molecule has 1 aromatic rings. The summed E-state index contributed by atoms with van der Waals surface area (Å²) in [5, 5.41) is 5.91. The molecule has 0 bridgehead atoms. The van der Waals surface area contributed by atoms with E-state index in [2.05, 4.69) is 10.6 Å². The molecule has 1 aliphatic heterocycles. The first-order valence-corrected chi connectivity index (χ1v) is 6.93. The van der Waals surface area contributed by atoms with E-state index in [1.807, 2.05) is 30.3 Å². The second kappa shape index (κ2) is 7.65. The van der Waals surface area contributed by atoms with Crippen LogP contribution in [0, 0.1) is 5.92 Å². The molecular weight excluding hydrogens is 256 g/mol. The van der Waals surface area contributed by atoms with E-state index in [4.69, 9.17) is 4.74 Å². The number of esters is 1. The number of rotatable bonds is 6. The van der Waals surface area contributed by atoms with Gasteiger partial charge in [0, 0.05) is 13.1 Å². The number of amides is 1. The van der Waals surface area contributed by atoms with Crippen LogP contribution in [0.5, 0.6) is 0 Å². The summed E-state index contributed by atoms with van der Waals surface area (Å²) in [7, 11) is 0. The van der Waals surface area contributed by atoms with Gasteiger partial charge in [0.25, 0.3) is 0 Å². The highest BCUT2D eigenvalue weighted by Gasteiger charge is 2.21. The second-order valence-corrected chi connectivity index (χ2v) is 4.88. The molecule has 5 nitrogen and oxygen atoms in total. The van der Waals surface area contributed by atoms with Crippen LogP contribution >= 0.6 is 0 Å². The zero-order chi connectivity index (χ0) is 14.2. The topological polar surface area (TPSA) is 67.4 Å². The molecule has 0 aliphatic carbocycles. The second-order valence-electron chi connectivity index (χ2n) is 4.88. The van der Waals surface area contributed by atoms with Crippen molar-refractivity contribution in [1.29, 1.82) is 0 Å². The van der Waals surface area contributed by atoms with E-state index in [0.29, 0.717) is 6.54 Å². The molecule has 1 amide bonds. The molecule has 0 aromatic heterocycles. The fraction of sp³-hybridized carbons (Fsp3) is 0.467. The maximum atomic E-state index is 11.7. The standard InChI is InChI=1S/C15H20N2O3/c18-14(20-11-12-4-2-1-3-5-12)7-9-17-15(19)13-6-8-16-10-13/h1-5,13,16H,6-11H2,(H,17,19)/t13-/m1/s1. The predicted octanol–water partition coefficient (Wildman–Crippen LogP) is 0.846. The Hall–Kier alpha value is -1.88. The summed E-state index contributed by atoms with van der Waals surface area (Å²) in [6.45, 7) is 2.23. The quantitative estimate of drug-likeness (QED) is 0.756. The lowest BCUT2D eigenvalue weighted by Gasteiger charge is -2.09. The van der Waals surface area contributed by atoms with Crippen LogP contribution in [0.4, 0.5) is 0 Å². The minimum Gasteiger partial charge on any atom is -0.461 e. The summed E-state index contributed by atoms with van der Waals surface area (Å²) in [4.78, 5) is 23.2. The Morgan fingerprint density at radius 1 is 1.30 bits per heavy atom. The van der Waals surface area contributed by atoms with Crippen molar-refractivity contribution < 1.29 is 14.3 Å². The van der Waals surface area contributed by atoms with Crippen LogP contribution in [0.1, 0.15) is 18.4 Å². The van der Waals surface area contributed by atoms with Gasteiger partial charge in [-0.25, -0.2) is 0 Å². The molecule has 2 N–H and O–H groups in total. The molecule has 1 atom stereocenters. The Morgan fingerprint density at radius 3 is 2.80 bits per heavy atom. The molecule has 5 heteroatoms. The molecule has 0 saturated carbocycles. The number of carbonyl (C=O) groups excluding carboxylic acids is 2. The van der Waals surface area contributed by atoms with Crippen LogP contribution < -0.4 is 10.6 Å².